The summed E-state index contributed by atoms with van der Waals surface area (Å²) < 4.78 is 24.4. The average Bonchev–Trinajstić information content (AvgIpc) is 2.38. The smallest absolute Gasteiger partial charge is 0.187 e. The van der Waals surface area contributed by atoms with Crippen LogP contribution in [0.15, 0.2) is 53.4 Å². The molecule has 0 bridgehead atoms. The standard InChI is InChI=1S/C14H10Cl2O3S/c15-11-6-2-1-5-10(11)13(17)9-20(18,19)14-8-4-3-7-12(14)16/h1-8H,9H2. The van der Waals surface area contributed by atoms with Crippen LogP contribution in [0.5, 0.6) is 0 Å². The molecule has 3 nitrogen and oxygen atoms in total. The van der Waals surface area contributed by atoms with E-state index in [2.05, 4.69) is 0 Å². The Morgan fingerprint density at radius 3 is 2.05 bits per heavy atom. The summed E-state index contributed by atoms with van der Waals surface area (Å²) in [5, 5.41) is 0.325. The number of carbonyl (C=O) groups is 1. The zero-order valence-corrected chi connectivity index (χ0v) is 12.5. The predicted octanol–water partition coefficient (Wildman–Crippen LogP) is 3.65. The SMILES string of the molecule is O=C(CS(=O)(=O)c1ccccc1Cl)c1ccccc1Cl. The van der Waals surface area contributed by atoms with Crippen LogP contribution in [0.4, 0.5) is 0 Å². The summed E-state index contributed by atoms with van der Waals surface area (Å²) in [4.78, 5) is 12.0. The summed E-state index contributed by atoms with van der Waals surface area (Å²) in [7, 11) is -3.80. The molecule has 0 heterocycles. The number of hydrogen-bond acceptors (Lipinski definition) is 3. The van der Waals surface area contributed by atoms with Crippen molar-refractivity contribution in [2.75, 3.05) is 5.75 Å². The van der Waals surface area contributed by atoms with Crippen LogP contribution in [-0.2, 0) is 9.84 Å². The third-order valence-corrected chi connectivity index (χ3v) is 5.11. The Morgan fingerprint density at radius 2 is 1.45 bits per heavy atom. The van der Waals surface area contributed by atoms with Gasteiger partial charge in [-0.2, -0.15) is 0 Å². The van der Waals surface area contributed by atoms with Gasteiger partial charge in [0.25, 0.3) is 0 Å². The molecule has 20 heavy (non-hydrogen) atoms. The number of halogens is 2. The highest BCUT2D eigenvalue weighted by molar-refractivity contribution is 7.92. The minimum Gasteiger partial charge on any atom is -0.293 e. The van der Waals surface area contributed by atoms with Gasteiger partial charge in [-0.25, -0.2) is 8.42 Å². The van der Waals surface area contributed by atoms with Crippen molar-refractivity contribution in [1.82, 2.24) is 0 Å². The summed E-state index contributed by atoms with van der Waals surface area (Å²) in [6.07, 6.45) is 0. The Labute approximate surface area is 127 Å². The van der Waals surface area contributed by atoms with Gasteiger partial charge in [-0.05, 0) is 24.3 Å². The van der Waals surface area contributed by atoms with Gasteiger partial charge in [0, 0.05) is 5.56 Å². The highest BCUT2D eigenvalue weighted by atomic mass is 35.5. The fraction of sp³-hybridized carbons (Fsp3) is 0.0714. The fourth-order valence-electron chi connectivity index (χ4n) is 1.71. The molecule has 0 aliphatic heterocycles. The van der Waals surface area contributed by atoms with Gasteiger partial charge in [-0.1, -0.05) is 47.5 Å². The summed E-state index contributed by atoms with van der Waals surface area (Å²) in [6, 6.07) is 12.3. The lowest BCUT2D eigenvalue weighted by Crippen LogP contribution is -2.17. The van der Waals surface area contributed by atoms with E-state index in [-0.39, 0.29) is 20.5 Å². The first kappa shape index (κ1) is 15.0. The van der Waals surface area contributed by atoms with E-state index in [0.29, 0.717) is 0 Å². The molecule has 2 rings (SSSR count). The quantitative estimate of drug-likeness (QED) is 0.805. The topological polar surface area (TPSA) is 51.2 Å². The van der Waals surface area contributed by atoms with Gasteiger partial charge in [0.2, 0.25) is 0 Å². The molecule has 2 aromatic rings. The molecule has 104 valence electrons. The monoisotopic (exact) mass is 328 g/mol. The van der Waals surface area contributed by atoms with E-state index in [4.69, 9.17) is 23.2 Å². The van der Waals surface area contributed by atoms with Crippen molar-refractivity contribution < 1.29 is 13.2 Å². The maximum atomic E-state index is 12.2. The van der Waals surface area contributed by atoms with E-state index >= 15 is 0 Å². The average molecular weight is 329 g/mol. The molecule has 0 saturated carbocycles. The van der Waals surface area contributed by atoms with Crippen molar-refractivity contribution in [3.63, 3.8) is 0 Å². The lowest BCUT2D eigenvalue weighted by molar-refractivity contribution is 0.102. The van der Waals surface area contributed by atoms with Crippen molar-refractivity contribution in [1.29, 1.82) is 0 Å². The van der Waals surface area contributed by atoms with Crippen LogP contribution in [0.1, 0.15) is 10.4 Å². The van der Waals surface area contributed by atoms with Crippen LogP contribution in [0, 0.1) is 0 Å². The van der Waals surface area contributed by atoms with E-state index in [9.17, 15) is 13.2 Å². The second-order valence-corrected chi connectivity index (χ2v) is 6.86. The molecule has 0 atom stereocenters. The van der Waals surface area contributed by atoms with Crippen molar-refractivity contribution in [3.8, 4) is 0 Å². The summed E-state index contributed by atoms with van der Waals surface area (Å²) >= 11 is 11.7. The first-order valence-corrected chi connectivity index (χ1v) is 8.07. The first-order valence-electron chi connectivity index (χ1n) is 5.67. The molecule has 0 aromatic heterocycles. The zero-order chi connectivity index (χ0) is 14.8. The highest BCUT2D eigenvalue weighted by Gasteiger charge is 2.23. The number of hydrogen-bond donors (Lipinski definition) is 0. The minimum absolute atomic E-state index is 0.0536. The summed E-state index contributed by atoms with van der Waals surface area (Å²) in [5.74, 6) is -1.23. The Morgan fingerprint density at radius 1 is 0.900 bits per heavy atom. The largest absolute Gasteiger partial charge is 0.293 e. The number of sulfone groups is 1. The molecule has 0 spiro atoms. The normalized spacial score (nSPS) is 11.3. The minimum atomic E-state index is -3.80. The lowest BCUT2D eigenvalue weighted by Gasteiger charge is -2.06. The van der Waals surface area contributed by atoms with Gasteiger partial charge in [0.1, 0.15) is 5.75 Å². The van der Waals surface area contributed by atoms with Gasteiger partial charge in [-0.15, -0.1) is 0 Å². The first-order chi connectivity index (χ1) is 9.42. The fourth-order valence-corrected chi connectivity index (χ4v) is 3.75. The van der Waals surface area contributed by atoms with Crippen LogP contribution >= 0.6 is 23.2 Å². The Hall–Kier alpha value is -1.36. The van der Waals surface area contributed by atoms with Gasteiger partial charge < -0.3 is 0 Å². The van der Waals surface area contributed by atoms with Gasteiger partial charge in [0.05, 0.1) is 14.9 Å². The Kier molecular flexibility index (Phi) is 4.48. The second-order valence-electron chi connectivity index (χ2n) is 4.09. The van der Waals surface area contributed by atoms with E-state index in [1.807, 2.05) is 0 Å². The summed E-state index contributed by atoms with van der Waals surface area (Å²) in [6.45, 7) is 0. The van der Waals surface area contributed by atoms with Gasteiger partial charge in [-0.3, -0.25) is 4.79 Å². The molecular formula is C14H10Cl2O3S. The molecule has 0 aliphatic carbocycles. The van der Waals surface area contributed by atoms with Crippen LogP contribution < -0.4 is 0 Å². The summed E-state index contributed by atoms with van der Waals surface area (Å²) in [5.41, 5.74) is 0.185. The van der Waals surface area contributed by atoms with Crippen molar-refractivity contribution in [2.24, 2.45) is 0 Å². The molecule has 6 heteroatoms. The molecule has 0 fully saturated rings. The third-order valence-electron chi connectivity index (χ3n) is 2.67. The van der Waals surface area contributed by atoms with Crippen LogP contribution in [0.3, 0.4) is 0 Å². The van der Waals surface area contributed by atoms with E-state index in [1.165, 1.54) is 24.3 Å². The Bertz CT molecular complexity index is 755. The van der Waals surface area contributed by atoms with E-state index in [1.54, 1.807) is 24.3 Å². The zero-order valence-electron chi connectivity index (χ0n) is 10.2. The Balaban J connectivity index is 2.33. The predicted molar refractivity (Wildman–Crippen MR) is 79.3 cm³/mol. The molecular weight excluding hydrogens is 319 g/mol. The molecule has 0 saturated heterocycles. The van der Waals surface area contributed by atoms with Crippen LogP contribution in [-0.4, -0.2) is 20.0 Å². The molecule has 0 amide bonds. The number of ketones is 1. The number of carbonyl (C=O) groups excluding carboxylic acids is 1. The number of rotatable bonds is 4. The van der Waals surface area contributed by atoms with Crippen molar-refractivity contribution >= 4 is 38.8 Å². The van der Waals surface area contributed by atoms with Crippen molar-refractivity contribution in [2.45, 2.75) is 4.90 Å². The number of benzene rings is 2. The molecule has 0 N–H and O–H groups in total. The maximum Gasteiger partial charge on any atom is 0.187 e. The number of Topliss-reactive ketones (excluding diaryl/α,β-unsaturated/α-hetero) is 1. The maximum absolute atomic E-state index is 12.2. The van der Waals surface area contributed by atoms with E-state index in [0.717, 1.165) is 0 Å². The van der Waals surface area contributed by atoms with Crippen LogP contribution in [0.25, 0.3) is 0 Å². The van der Waals surface area contributed by atoms with E-state index < -0.39 is 21.4 Å². The molecule has 0 aliphatic rings. The van der Waals surface area contributed by atoms with Gasteiger partial charge >= 0.3 is 0 Å². The molecule has 0 radical (unpaired) electrons. The molecule has 0 unspecified atom stereocenters. The second kappa shape index (κ2) is 5.95. The van der Waals surface area contributed by atoms with Crippen molar-refractivity contribution in [3.05, 3.63) is 64.1 Å². The third kappa shape index (κ3) is 3.20. The van der Waals surface area contributed by atoms with Gasteiger partial charge in [0.15, 0.2) is 15.6 Å². The van der Waals surface area contributed by atoms with Crippen LogP contribution in [0.2, 0.25) is 10.0 Å². The highest BCUT2D eigenvalue weighted by Crippen LogP contribution is 2.23. The lowest BCUT2D eigenvalue weighted by atomic mass is 10.1. The molecule has 2 aromatic carbocycles.